The van der Waals surface area contributed by atoms with Crippen LogP contribution in [0.2, 0.25) is 0 Å². The minimum Gasteiger partial charge on any atom is -0.394 e. The van der Waals surface area contributed by atoms with Gasteiger partial charge in [0.15, 0.2) is 12.0 Å². The van der Waals surface area contributed by atoms with Gasteiger partial charge in [-0.2, -0.15) is 4.98 Å². The number of anilines is 1. The van der Waals surface area contributed by atoms with Crippen molar-refractivity contribution in [2.24, 2.45) is 0 Å². The third-order valence-corrected chi connectivity index (χ3v) is 2.92. The van der Waals surface area contributed by atoms with Crippen molar-refractivity contribution in [1.82, 2.24) is 9.55 Å². The van der Waals surface area contributed by atoms with Gasteiger partial charge in [-0.15, -0.1) is 0 Å². The summed E-state index contributed by atoms with van der Waals surface area (Å²) >= 11 is 0. The average Bonchev–Trinajstić information content (AvgIpc) is 2.73. The molecule has 1 aromatic rings. The van der Waals surface area contributed by atoms with Crippen LogP contribution in [0.4, 0.5) is 5.82 Å². The Morgan fingerprint density at radius 3 is 2.76 bits per heavy atom. The summed E-state index contributed by atoms with van der Waals surface area (Å²) in [5, 5.41) is 28.5. The molecule has 2 heterocycles. The maximum absolute atomic E-state index is 11.9. The molecule has 10 nitrogen and oxygen atoms in total. The van der Waals surface area contributed by atoms with Crippen LogP contribution in [0.15, 0.2) is 17.1 Å². The highest BCUT2D eigenvalue weighted by molar-refractivity contribution is 5.66. The van der Waals surface area contributed by atoms with E-state index in [0.717, 1.165) is 4.57 Å². The lowest BCUT2D eigenvalue weighted by Gasteiger charge is -2.17. The van der Waals surface area contributed by atoms with Gasteiger partial charge in [0.05, 0.1) is 6.61 Å². The molecular formula is C11H15N3O7. The zero-order valence-electron chi connectivity index (χ0n) is 11.0. The highest BCUT2D eigenvalue weighted by Crippen LogP contribution is 2.28. The van der Waals surface area contributed by atoms with E-state index in [0.29, 0.717) is 0 Å². The Hall–Kier alpha value is -2.01. The molecule has 4 atom stereocenters. The van der Waals surface area contributed by atoms with Crippen molar-refractivity contribution in [2.75, 3.05) is 12.1 Å². The highest BCUT2D eigenvalue weighted by atomic mass is 16.7. The van der Waals surface area contributed by atoms with Crippen molar-refractivity contribution in [1.29, 1.82) is 0 Å². The molecule has 1 saturated heterocycles. The maximum atomic E-state index is 11.9. The van der Waals surface area contributed by atoms with E-state index in [4.69, 9.17) is 9.84 Å². The fraction of sp³-hybridized carbons (Fsp3) is 0.545. The third-order valence-electron chi connectivity index (χ3n) is 2.92. The van der Waals surface area contributed by atoms with Gasteiger partial charge < -0.3 is 24.9 Å². The molecule has 0 saturated carbocycles. The van der Waals surface area contributed by atoms with Crippen molar-refractivity contribution in [3.63, 3.8) is 0 Å². The molecule has 0 bridgehead atoms. The summed E-state index contributed by atoms with van der Waals surface area (Å²) in [7, 11) is 0. The first kappa shape index (κ1) is 15.4. The zero-order chi connectivity index (χ0) is 15.6. The number of hydrogen-bond donors (Lipinski definition) is 4. The zero-order valence-corrected chi connectivity index (χ0v) is 11.0. The Morgan fingerprint density at radius 2 is 2.24 bits per heavy atom. The van der Waals surface area contributed by atoms with E-state index >= 15 is 0 Å². The number of carbonyl (C=O) groups is 1. The summed E-state index contributed by atoms with van der Waals surface area (Å²) in [6.45, 7) is 0.677. The van der Waals surface area contributed by atoms with Crippen LogP contribution in [-0.2, 0) is 14.4 Å². The van der Waals surface area contributed by atoms with Gasteiger partial charge in [0.2, 0.25) is 0 Å². The van der Waals surface area contributed by atoms with Gasteiger partial charge in [0.25, 0.3) is 0 Å². The molecule has 0 amide bonds. The molecule has 0 aromatic carbocycles. The summed E-state index contributed by atoms with van der Waals surface area (Å²) < 4.78 is 6.17. The number of aromatic nitrogens is 2. The molecule has 0 radical (unpaired) electrons. The van der Waals surface area contributed by atoms with E-state index in [1.807, 2.05) is 0 Å². The number of ether oxygens (including phenoxy) is 1. The Labute approximate surface area is 118 Å². The molecule has 1 aromatic heterocycles. The number of aliphatic hydroxyl groups is 3. The van der Waals surface area contributed by atoms with Crippen LogP contribution in [0.3, 0.4) is 0 Å². The van der Waals surface area contributed by atoms with Crippen molar-refractivity contribution in [3.8, 4) is 0 Å². The van der Waals surface area contributed by atoms with Crippen LogP contribution in [0.1, 0.15) is 13.2 Å². The number of hydrogen-bond acceptors (Lipinski definition) is 9. The highest BCUT2D eigenvalue weighted by Gasteiger charge is 2.43. The Balaban J connectivity index is 2.18. The van der Waals surface area contributed by atoms with Gasteiger partial charge >= 0.3 is 11.7 Å². The van der Waals surface area contributed by atoms with Crippen molar-refractivity contribution in [2.45, 2.75) is 31.5 Å². The number of rotatable bonds is 4. The predicted molar refractivity (Wildman–Crippen MR) is 66.9 cm³/mol. The number of nitrogens with one attached hydrogen (secondary N) is 1. The number of nitrogens with zero attached hydrogens (tertiary/aromatic N) is 2. The first-order valence-electron chi connectivity index (χ1n) is 6.09. The molecule has 2 rings (SSSR count). The van der Waals surface area contributed by atoms with Crippen molar-refractivity contribution >= 4 is 11.8 Å². The second kappa shape index (κ2) is 6.18. The molecule has 116 valence electrons. The van der Waals surface area contributed by atoms with Gasteiger partial charge in [-0.1, -0.05) is 0 Å². The van der Waals surface area contributed by atoms with Gasteiger partial charge in [0.1, 0.15) is 18.3 Å². The molecule has 0 spiro atoms. The van der Waals surface area contributed by atoms with Crippen LogP contribution in [0.5, 0.6) is 0 Å². The quantitative estimate of drug-likeness (QED) is 0.453. The molecule has 1 fully saturated rings. The fourth-order valence-corrected chi connectivity index (χ4v) is 1.90. The summed E-state index contributed by atoms with van der Waals surface area (Å²) in [5.74, 6) is -0.609. The van der Waals surface area contributed by atoms with Crippen LogP contribution < -0.4 is 11.2 Å². The number of carbonyl (C=O) groups excluding carboxylic acids is 1. The van der Waals surface area contributed by atoms with Crippen LogP contribution in [-0.4, -0.2) is 55.8 Å². The van der Waals surface area contributed by atoms with Crippen LogP contribution in [0.25, 0.3) is 0 Å². The van der Waals surface area contributed by atoms with E-state index in [1.54, 1.807) is 0 Å². The minimum atomic E-state index is -1.38. The molecule has 0 aliphatic carbocycles. The Morgan fingerprint density at radius 1 is 1.52 bits per heavy atom. The van der Waals surface area contributed by atoms with Gasteiger partial charge in [-0.05, 0) is 0 Å². The van der Waals surface area contributed by atoms with E-state index in [2.05, 4.69) is 15.3 Å². The molecule has 1 aliphatic heterocycles. The monoisotopic (exact) mass is 301 g/mol. The molecule has 0 unspecified atom stereocenters. The summed E-state index contributed by atoms with van der Waals surface area (Å²) in [4.78, 5) is 30.5. The Kier molecular flexibility index (Phi) is 4.53. The van der Waals surface area contributed by atoms with E-state index in [9.17, 15) is 19.8 Å². The topological polar surface area (TPSA) is 143 Å². The van der Waals surface area contributed by atoms with Crippen molar-refractivity contribution in [3.05, 3.63) is 22.7 Å². The van der Waals surface area contributed by atoms with Crippen molar-refractivity contribution < 1.29 is 29.7 Å². The third kappa shape index (κ3) is 3.19. The smallest absolute Gasteiger partial charge is 0.351 e. The number of aliphatic hydroxyl groups excluding tert-OH is 3. The van der Waals surface area contributed by atoms with Gasteiger partial charge in [0, 0.05) is 19.2 Å². The molecule has 1 aliphatic rings. The van der Waals surface area contributed by atoms with E-state index < -0.39 is 42.8 Å². The first-order valence-corrected chi connectivity index (χ1v) is 6.09. The first-order chi connectivity index (χ1) is 9.93. The van der Waals surface area contributed by atoms with Gasteiger partial charge in [-0.25, -0.2) is 10.3 Å². The fourth-order valence-electron chi connectivity index (χ4n) is 1.90. The lowest BCUT2D eigenvalue weighted by molar-refractivity contribution is -0.138. The predicted octanol–water partition coefficient (Wildman–Crippen LogP) is -2.26. The second-order valence-corrected chi connectivity index (χ2v) is 4.43. The Bertz CT molecular complexity index is 575. The summed E-state index contributed by atoms with van der Waals surface area (Å²) in [6, 6.07) is 1.32. The lowest BCUT2D eigenvalue weighted by atomic mass is 10.1. The normalized spacial score (nSPS) is 28.4. The lowest BCUT2D eigenvalue weighted by Crippen LogP contribution is -2.36. The van der Waals surface area contributed by atoms with Gasteiger partial charge in [-0.3, -0.25) is 9.36 Å². The SMILES string of the molecule is CC(=O)ONc1ccn([C@@H]2O[C@H](CO)[C@@H](O)[C@H]2O)c(=O)n1. The summed E-state index contributed by atoms with van der Waals surface area (Å²) in [5.41, 5.74) is 1.39. The largest absolute Gasteiger partial charge is 0.394 e. The minimum absolute atomic E-state index is 0.00167. The van der Waals surface area contributed by atoms with Crippen LogP contribution >= 0.6 is 0 Å². The maximum Gasteiger partial charge on any atom is 0.351 e. The molecule has 10 heteroatoms. The molecule has 4 N–H and O–H groups in total. The summed E-state index contributed by atoms with van der Waals surface area (Å²) in [6.07, 6.45) is -3.60. The molecular weight excluding hydrogens is 286 g/mol. The standard InChI is InChI=1S/C11H15N3O7/c1-5(16)21-13-7-2-3-14(11(19)12-7)10-9(18)8(17)6(4-15)20-10/h2-3,6,8-10,15,17-18H,4H2,1H3,(H,12,13,19)/t6-,8-,9-,10-/m1/s1. The van der Waals surface area contributed by atoms with E-state index in [1.165, 1.54) is 19.2 Å². The van der Waals surface area contributed by atoms with Crippen LogP contribution in [0, 0.1) is 0 Å². The van der Waals surface area contributed by atoms with E-state index in [-0.39, 0.29) is 5.82 Å². The molecule has 21 heavy (non-hydrogen) atoms. The second-order valence-electron chi connectivity index (χ2n) is 4.43. The average molecular weight is 301 g/mol.